The minimum absolute atomic E-state index is 0.0712. The lowest BCUT2D eigenvalue weighted by molar-refractivity contribution is 0.600. The Kier molecular flexibility index (Phi) is 3.65. The monoisotopic (exact) mass is 261 g/mol. The third-order valence-electron chi connectivity index (χ3n) is 2.54. The van der Waals surface area contributed by atoms with Crippen LogP contribution in [0.4, 0.5) is 0 Å². The summed E-state index contributed by atoms with van der Waals surface area (Å²) in [4.78, 5) is 4.26. The van der Waals surface area contributed by atoms with Crippen LogP contribution >= 0.6 is 11.6 Å². The van der Waals surface area contributed by atoms with Gasteiger partial charge in [-0.25, -0.2) is 13.4 Å². The molecule has 1 rings (SSSR count). The fraction of sp³-hybridized carbons (Fsp3) is 0.545. The molecule has 0 aromatic carbocycles. The second-order valence-electron chi connectivity index (χ2n) is 4.28. The lowest BCUT2D eigenvalue weighted by atomic mass is 9.97. The number of aromatic nitrogens is 1. The molecule has 0 spiro atoms. The molecule has 16 heavy (non-hydrogen) atoms. The normalized spacial score (nSPS) is 12.2. The third-order valence-corrected chi connectivity index (χ3v) is 4.16. The standard InChI is InChI=1S/C11H16ClNO2S/c1-6(2)9-7(3)10(16(5,14)15)11(12)13-8(9)4/h6H,1-5H3. The van der Waals surface area contributed by atoms with Gasteiger partial charge in [0.15, 0.2) is 9.84 Å². The van der Waals surface area contributed by atoms with Gasteiger partial charge in [0.1, 0.15) is 10.0 Å². The van der Waals surface area contributed by atoms with Crippen molar-refractivity contribution in [3.8, 4) is 0 Å². The molecule has 90 valence electrons. The summed E-state index contributed by atoms with van der Waals surface area (Å²) in [6.45, 7) is 7.65. The predicted octanol–water partition coefficient (Wildman–Crippen LogP) is 2.88. The van der Waals surface area contributed by atoms with E-state index in [1.807, 2.05) is 20.8 Å². The number of hydrogen-bond acceptors (Lipinski definition) is 3. The van der Waals surface area contributed by atoms with Gasteiger partial charge in [-0.3, -0.25) is 0 Å². The van der Waals surface area contributed by atoms with E-state index in [0.717, 1.165) is 23.1 Å². The molecule has 3 nitrogen and oxygen atoms in total. The Morgan fingerprint density at radius 1 is 1.25 bits per heavy atom. The van der Waals surface area contributed by atoms with Gasteiger partial charge in [0.05, 0.1) is 0 Å². The van der Waals surface area contributed by atoms with Crippen LogP contribution in [0.3, 0.4) is 0 Å². The number of nitrogens with zero attached hydrogens (tertiary/aromatic N) is 1. The molecule has 0 radical (unpaired) electrons. The number of halogens is 1. The van der Waals surface area contributed by atoms with Crippen molar-refractivity contribution in [2.24, 2.45) is 0 Å². The molecule has 0 amide bonds. The molecule has 0 N–H and O–H groups in total. The van der Waals surface area contributed by atoms with Crippen LogP contribution in [0.5, 0.6) is 0 Å². The largest absolute Gasteiger partial charge is 0.240 e. The average Bonchev–Trinajstić information content (AvgIpc) is 1.97. The Hall–Kier alpha value is -0.610. The molecule has 0 unspecified atom stereocenters. The van der Waals surface area contributed by atoms with Crippen molar-refractivity contribution >= 4 is 21.4 Å². The van der Waals surface area contributed by atoms with E-state index in [4.69, 9.17) is 11.6 Å². The third kappa shape index (κ3) is 2.38. The smallest absolute Gasteiger partial charge is 0.178 e. The first-order chi connectivity index (χ1) is 7.16. The molecular weight excluding hydrogens is 246 g/mol. The maximum absolute atomic E-state index is 11.6. The van der Waals surface area contributed by atoms with Crippen LogP contribution in [0, 0.1) is 13.8 Å². The van der Waals surface area contributed by atoms with Gasteiger partial charge in [-0.2, -0.15) is 0 Å². The van der Waals surface area contributed by atoms with E-state index in [1.54, 1.807) is 6.92 Å². The van der Waals surface area contributed by atoms with Crippen LogP contribution in [-0.4, -0.2) is 19.7 Å². The summed E-state index contributed by atoms with van der Waals surface area (Å²) in [5.74, 6) is 0.227. The highest BCUT2D eigenvalue weighted by Crippen LogP contribution is 2.31. The van der Waals surface area contributed by atoms with E-state index in [0.29, 0.717) is 0 Å². The van der Waals surface area contributed by atoms with E-state index in [9.17, 15) is 8.42 Å². The Labute approximate surface area is 102 Å². The number of hydrogen-bond donors (Lipinski definition) is 0. The molecular formula is C11H16ClNO2S. The van der Waals surface area contributed by atoms with Gasteiger partial charge in [-0.15, -0.1) is 0 Å². The zero-order valence-corrected chi connectivity index (χ0v) is 11.7. The molecule has 0 aliphatic rings. The van der Waals surface area contributed by atoms with Gasteiger partial charge < -0.3 is 0 Å². The van der Waals surface area contributed by atoms with E-state index in [2.05, 4.69) is 4.98 Å². The number of pyridine rings is 1. The van der Waals surface area contributed by atoms with E-state index >= 15 is 0 Å². The van der Waals surface area contributed by atoms with Crippen molar-refractivity contribution in [2.45, 2.75) is 38.5 Å². The van der Waals surface area contributed by atoms with Gasteiger partial charge in [0.25, 0.3) is 0 Å². The van der Waals surface area contributed by atoms with Gasteiger partial charge in [0, 0.05) is 11.9 Å². The number of sulfone groups is 1. The summed E-state index contributed by atoms with van der Waals surface area (Å²) in [6.07, 6.45) is 1.16. The fourth-order valence-corrected chi connectivity index (χ4v) is 3.80. The van der Waals surface area contributed by atoms with Gasteiger partial charge in [0.2, 0.25) is 0 Å². The summed E-state index contributed by atoms with van der Waals surface area (Å²) in [6, 6.07) is 0. The highest BCUT2D eigenvalue weighted by atomic mass is 35.5. The van der Waals surface area contributed by atoms with Gasteiger partial charge in [-0.1, -0.05) is 25.4 Å². The highest BCUT2D eigenvalue weighted by molar-refractivity contribution is 7.90. The lowest BCUT2D eigenvalue weighted by Crippen LogP contribution is -2.09. The maximum Gasteiger partial charge on any atom is 0.178 e. The van der Waals surface area contributed by atoms with Crippen LogP contribution in [0.25, 0.3) is 0 Å². The van der Waals surface area contributed by atoms with Crippen LogP contribution in [-0.2, 0) is 9.84 Å². The highest BCUT2D eigenvalue weighted by Gasteiger charge is 2.22. The zero-order chi connectivity index (χ0) is 12.7. The minimum Gasteiger partial charge on any atom is -0.240 e. The Bertz CT molecular complexity index is 521. The molecule has 1 aromatic heterocycles. The second kappa shape index (κ2) is 4.34. The molecule has 5 heteroatoms. The first-order valence-electron chi connectivity index (χ1n) is 5.03. The molecule has 1 heterocycles. The zero-order valence-electron chi connectivity index (χ0n) is 10.1. The first kappa shape index (κ1) is 13.5. The molecule has 0 aliphatic heterocycles. The summed E-state index contributed by atoms with van der Waals surface area (Å²) >= 11 is 5.91. The lowest BCUT2D eigenvalue weighted by Gasteiger charge is -2.16. The summed E-state index contributed by atoms with van der Waals surface area (Å²) < 4.78 is 23.3. The molecule has 1 aromatic rings. The van der Waals surface area contributed by atoms with E-state index < -0.39 is 9.84 Å². The predicted molar refractivity (Wildman–Crippen MR) is 65.9 cm³/mol. The van der Waals surface area contributed by atoms with Crippen molar-refractivity contribution in [3.63, 3.8) is 0 Å². The molecule has 0 atom stereocenters. The summed E-state index contributed by atoms with van der Waals surface area (Å²) in [5, 5.41) is 0.0712. The van der Waals surface area contributed by atoms with Crippen molar-refractivity contribution < 1.29 is 8.42 Å². The van der Waals surface area contributed by atoms with Crippen molar-refractivity contribution in [2.75, 3.05) is 6.26 Å². The van der Waals surface area contributed by atoms with Crippen molar-refractivity contribution in [3.05, 3.63) is 22.0 Å². The quantitative estimate of drug-likeness (QED) is 0.769. The summed E-state index contributed by atoms with van der Waals surface area (Å²) in [7, 11) is -3.33. The fourth-order valence-electron chi connectivity index (χ4n) is 2.09. The maximum atomic E-state index is 11.6. The molecule has 0 fully saturated rings. The second-order valence-corrected chi connectivity index (χ2v) is 6.59. The van der Waals surface area contributed by atoms with Crippen molar-refractivity contribution in [1.29, 1.82) is 0 Å². The van der Waals surface area contributed by atoms with Crippen LogP contribution in [0.15, 0.2) is 4.90 Å². The van der Waals surface area contributed by atoms with Gasteiger partial charge >= 0.3 is 0 Å². The number of rotatable bonds is 2. The van der Waals surface area contributed by atoms with E-state index in [1.165, 1.54) is 0 Å². The summed E-state index contributed by atoms with van der Waals surface area (Å²) in [5.41, 5.74) is 2.48. The molecule has 0 saturated heterocycles. The first-order valence-corrected chi connectivity index (χ1v) is 7.29. The Morgan fingerprint density at radius 3 is 2.12 bits per heavy atom. The molecule has 0 aliphatic carbocycles. The topological polar surface area (TPSA) is 47.0 Å². The Morgan fingerprint density at radius 2 is 1.75 bits per heavy atom. The van der Waals surface area contributed by atoms with Crippen molar-refractivity contribution in [1.82, 2.24) is 4.98 Å². The van der Waals surface area contributed by atoms with E-state index in [-0.39, 0.29) is 16.0 Å². The van der Waals surface area contributed by atoms with Crippen LogP contribution in [0.2, 0.25) is 5.15 Å². The minimum atomic E-state index is -3.33. The average molecular weight is 262 g/mol. The number of aryl methyl sites for hydroxylation is 1. The van der Waals surface area contributed by atoms with Crippen LogP contribution < -0.4 is 0 Å². The SMILES string of the molecule is Cc1nc(Cl)c(S(C)(=O)=O)c(C)c1C(C)C. The molecule has 0 saturated carbocycles. The molecule has 0 bridgehead atoms. The Balaban J connectivity index is 3.72. The van der Waals surface area contributed by atoms with Gasteiger partial charge in [-0.05, 0) is 30.9 Å². The van der Waals surface area contributed by atoms with Crippen LogP contribution in [0.1, 0.15) is 36.6 Å².